The average molecular weight is 955 g/mol. The van der Waals surface area contributed by atoms with Gasteiger partial charge in [-0.25, -0.2) is 18.4 Å². The fraction of sp³-hybridized carbons (Fsp3) is 0.477. The van der Waals surface area contributed by atoms with Crippen LogP contribution in [-0.2, 0) is 38.1 Å². The minimum absolute atomic E-state index is 0.0262. The number of carbonyl (C=O) groups is 4. The first-order valence-electron chi connectivity index (χ1n) is 22.0. The second kappa shape index (κ2) is 17.7. The molecule has 2 aromatic carbocycles. The van der Waals surface area contributed by atoms with E-state index in [9.17, 15) is 55.4 Å². The van der Waals surface area contributed by atoms with Gasteiger partial charge in [0.15, 0.2) is 23.2 Å². The molecular weight excluding hydrogens is 911 g/mol. The number of carbonyl (C=O) groups excluding carboxylic acids is 4. The first kappa shape index (κ1) is 46.3. The van der Waals surface area contributed by atoms with Crippen LogP contribution in [0.3, 0.4) is 0 Å². The van der Waals surface area contributed by atoms with E-state index >= 15 is 0 Å². The molecule has 0 spiro atoms. The minimum atomic E-state index is -5.56. The molecule has 68 heavy (non-hydrogen) atoms. The quantitative estimate of drug-likeness (QED) is 0.0790. The number of fused-ring (bicyclic) bond motifs is 4. The fourth-order valence-corrected chi connectivity index (χ4v) is 9.96. The van der Waals surface area contributed by atoms with Gasteiger partial charge in [-0.3, -0.25) is 33.7 Å². The largest absolute Gasteiger partial charge is 0.503 e. The van der Waals surface area contributed by atoms with Crippen molar-refractivity contribution in [3.63, 3.8) is 0 Å². The van der Waals surface area contributed by atoms with E-state index in [2.05, 4.69) is 40.3 Å². The Kier molecular flexibility index (Phi) is 12.0. The van der Waals surface area contributed by atoms with E-state index in [0.717, 1.165) is 43.6 Å². The van der Waals surface area contributed by atoms with Crippen molar-refractivity contribution in [3.8, 4) is 17.3 Å². The highest BCUT2D eigenvalue weighted by Gasteiger charge is 2.54. The van der Waals surface area contributed by atoms with Gasteiger partial charge in [0.2, 0.25) is 29.3 Å². The third-order valence-electron chi connectivity index (χ3n) is 14.0. The van der Waals surface area contributed by atoms with E-state index in [-0.39, 0.29) is 60.7 Å². The number of imidazole rings is 1. The van der Waals surface area contributed by atoms with Crippen molar-refractivity contribution in [2.45, 2.75) is 81.8 Å². The summed E-state index contributed by atoms with van der Waals surface area (Å²) in [7, 11) is 1.68. The summed E-state index contributed by atoms with van der Waals surface area (Å²) in [4.78, 5) is 76.0. The molecule has 3 saturated carbocycles. The Morgan fingerprint density at radius 2 is 1.66 bits per heavy atom. The normalized spacial score (nSPS) is 22.2. The van der Waals surface area contributed by atoms with Crippen LogP contribution in [0.1, 0.15) is 85.6 Å². The zero-order valence-corrected chi connectivity index (χ0v) is 36.5. The van der Waals surface area contributed by atoms with Crippen molar-refractivity contribution in [1.82, 2.24) is 44.8 Å². The molecule has 5 aliphatic rings. The van der Waals surface area contributed by atoms with Gasteiger partial charge < -0.3 is 19.4 Å². The average Bonchev–Trinajstić information content (AvgIpc) is 3.93. The fourth-order valence-electron chi connectivity index (χ4n) is 9.96. The summed E-state index contributed by atoms with van der Waals surface area (Å²) in [5.41, 5.74) is -0.448. The number of imide groups is 1. The summed E-state index contributed by atoms with van der Waals surface area (Å²) in [5.74, 6) is -11.8. The molecule has 1 unspecified atom stereocenters. The van der Waals surface area contributed by atoms with Crippen LogP contribution in [-0.4, -0.2) is 114 Å². The van der Waals surface area contributed by atoms with E-state index in [4.69, 9.17) is 4.52 Å². The standard InChI is InChI=1S/C44H44F6N10O8/c1-56-30-21-24(4-6-28(30)60(41(56)66)29-7-9-32(61)51-37(29)63)3-2-16-57-17-19-58(20-18-57)31-8-5-27(53-54-31)36-52-39(67-55-36)43-13-10-42(11-14-43,12-15-43)23-59(68-40(65)44(48,49)50)38(64)25-22-26(45)35(62)34(47)33(25)46/h4-6,8,21-22,29,62H,2-3,7,9-20,23H2,1H3,(H,51,61,63). The lowest BCUT2D eigenvalue weighted by atomic mass is 9.53. The lowest BCUT2D eigenvalue weighted by molar-refractivity contribution is -0.233. The third kappa shape index (κ3) is 8.64. The zero-order valence-electron chi connectivity index (χ0n) is 36.5. The van der Waals surface area contributed by atoms with Crippen LogP contribution in [0.25, 0.3) is 22.6 Å². The Hall–Kier alpha value is -6.85. The molecule has 10 rings (SSSR count). The number of aromatic nitrogens is 6. The number of anilines is 1. The number of hydroxylamine groups is 2. The van der Waals surface area contributed by atoms with Crippen LogP contribution in [0.4, 0.5) is 32.2 Å². The predicted octanol–water partition coefficient (Wildman–Crippen LogP) is 4.79. The molecule has 24 heteroatoms. The monoisotopic (exact) mass is 954 g/mol. The second-order valence-electron chi connectivity index (χ2n) is 18.0. The van der Waals surface area contributed by atoms with E-state index in [1.165, 1.54) is 9.13 Å². The number of hydrogen-bond donors (Lipinski definition) is 2. The molecule has 2 aliphatic heterocycles. The van der Waals surface area contributed by atoms with E-state index in [1.807, 2.05) is 24.3 Å². The first-order chi connectivity index (χ1) is 32.3. The third-order valence-corrected chi connectivity index (χ3v) is 14.0. The highest BCUT2D eigenvalue weighted by atomic mass is 19.4. The number of piperazine rings is 1. The Morgan fingerprint density at radius 3 is 2.32 bits per heavy atom. The molecule has 5 heterocycles. The van der Waals surface area contributed by atoms with Gasteiger partial charge in [-0.1, -0.05) is 11.2 Å². The summed E-state index contributed by atoms with van der Waals surface area (Å²) >= 11 is 0. The van der Waals surface area contributed by atoms with Crippen LogP contribution < -0.4 is 15.9 Å². The molecule has 2 bridgehead atoms. The van der Waals surface area contributed by atoms with Crippen LogP contribution >= 0.6 is 0 Å². The number of benzene rings is 2. The number of phenols is 1. The Balaban J connectivity index is 0.775. The molecule has 18 nitrogen and oxygen atoms in total. The van der Waals surface area contributed by atoms with E-state index < -0.39 is 76.1 Å². The number of aryl methyl sites for hydroxylation is 2. The van der Waals surface area contributed by atoms with Crippen LogP contribution in [0.2, 0.25) is 0 Å². The Bertz CT molecular complexity index is 2850. The number of alkyl halides is 3. The minimum Gasteiger partial charge on any atom is -0.503 e. The topological polar surface area (TPSA) is 211 Å². The number of nitrogens with zero attached hydrogens (tertiary/aromatic N) is 9. The molecule has 1 atom stereocenters. The lowest BCUT2D eigenvalue weighted by Gasteiger charge is -2.52. The van der Waals surface area contributed by atoms with Crippen molar-refractivity contribution < 1.29 is 60.0 Å². The SMILES string of the molecule is Cn1c(=O)n(C2CCC(=O)NC2=O)c2ccc(CCCN3CCN(c4ccc(-c5noc(C67CCC(CN(OC(=O)C(F)(F)F)C(=O)c8cc(F)c(O)c(F)c8F)(CC6)CC7)n5)nn4)CC3)cc21. The number of amides is 3. The second-order valence-corrected chi connectivity index (χ2v) is 18.0. The molecule has 2 N–H and O–H groups in total. The number of halogens is 6. The summed E-state index contributed by atoms with van der Waals surface area (Å²) in [6, 6.07) is 8.75. The predicted molar refractivity (Wildman–Crippen MR) is 224 cm³/mol. The Labute approximate surface area is 381 Å². The van der Waals surface area contributed by atoms with Gasteiger partial charge in [-0.05, 0) is 106 Å². The molecule has 5 fully saturated rings. The van der Waals surface area contributed by atoms with Crippen LogP contribution in [0, 0.1) is 22.9 Å². The Morgan fingerprint density at radius 1 is 0.941 bits per heavy atom. The first-order valence-corrected chi connectivity index (χ1v) is 22.0. The number of piperidine rings is 1. The molecule has 3 aromatic heterocycles. The maximum atomic E-state index is 14.7. The highest BCUT2D eigenvalue weighted by Crippen LogP contribution is 2.58. The summed E-state index contributed by atoms with van der Waals surface area (Å²) in [5, 5.41) is 24.6. The molecule has 360 valence electrons. The molecule has 2 saturated heterocycles. The van der Waals surface area contributed by atoms with Gasteiger partial charge >= 0.3 is 17.8 Å². The van der Waals surface area contributed by atoms with E-state index in [1.54, 1.807) is 13.1 Å². The van der Waals surface area contributed by atoms with Crippen molar-refractivity contribution in [1.29, 1.82) is 0 Å². The van der Waals surface area contributed by atoms with Crippen molar-refractivity contribution in [3.05, 3.63) is 81.4 Å². The lowest BCUT2D eigenvalue weighted by Crippen LogP contribution is -2.51. The number of aromatic hydroxyl groups is 1. The van der Waals surface area contributed by atoms with Gasteiger partial charge in [0.05, 0.1) is 23.1 Å². The van der Waals surface area contributed by atoms with Gasteiger partial charge in [0.25, 0.3) is 5.91 Å². The van der Waals surface area contributed by atoms with Gasteiger partial charge in [-0.2, -0.15) is 27.6 Å². The molecule has 5 aromatic rings. The van der Waals surface area contributed by atoms with Gasteiger partial charge in [0, 0.05) is 45.1 Å². The molecule has 3 amide bonds. The van der Waals surface area contributed by atoms with Crippen LogP contribution in [0.5, 0.6) is 5.75 Å². The van der Waals surface area contributed by atoms with E-state index in [0.29, 0.717) is 55.3 Å². The van der Waals surface area contributed by atoms with Crippen molar-refractivity contribution in [2.75, 3.05) is 44.2 Å². The van der Waals surface area contributed by atoms with Crippen LogP contribution in [0.15, 0.2) is 45.7 Å². The maximum Gasteiger partial charge on any atom is 0.493 e. The maximum absolute atomic E-state index is 14.7. The van der Waals surface area contributed by atoms with Gasteiger partial charge in [-0.15, -0.1) is 10.2 Å². The summed E-state index contributed by atoms with van der Waals surface area (Å²) in [6.07, 6.45) is -1.52. The number of hydrogen-bond acceptors (Lipinski definition) is 14. The smallest absolute Gasteiger partial charge is 0.493 e. The van der Waals surface area contributed by atoms with Crippen molar-refractivity contribution in [2.24, 2.45) is 12.5 Å². The van der Waals surface area contributed by atoms with Gasteiger partial charge in [0.1, 0.15) is 11.7 Å². The zero-order chi connectivity index (χ0) is 48.3. The number of rotatable bonds is 11. The highest BCUT2D eigenvalue weighted by molar-refractivity contribution is 6.00. The summed E-state index contributed by atoms with van der Waals surface area (Å²) in [6.45, 7) is 3.25. The van der Waals surface area contributed by atoms with Crippen molar-refractivity contribution >= 4 is 40.5 Å². The molecular formula is C44H44F6N10O8. The number of phenolic OH excluding ortho intramolecular Hbond substituents is 1. The number of nitrogens with one attached hydrogen (secondary N) is 1. The summed E-state index contributed by atoms with van der Waals surface area (Å²) < 4.78 is 91.4. The molecule has 3 aliphatic carbocycles. The molecule has 0 radical (unpaired) electrons.